The van der Waals surface area contributed by atoms with Crippen molar-refractivity contribution in [2.24, 2.45) is 0 Å². The summed E-state index contributed by atoms with van der Waals surface area (Å²) in [5.41, 5.74) is 0. The van der Waals surface area contributed by atoms with Crippen LogP contribution < -0.4 is 0 Å². The molecule has 4 unspecified atom stereocenters. The highest BCUT2D eigenvalue weighted by Gasteiger charge is 2.36. The molecule has 20 heavy (non-hydrogen) atoms. The average Bonchev–Trinajstić information content (AvgIpc) is 2.54. The summed E-state index contributed by atoms with van der Waals surface area (Å²) in [4.78, 5) is 26.3. The lowest BCUT2D eigenvalue weighted by Crippen LogP contribution is -2.20. The molecule has 4 atom stereocenters. The monoisotopic (exact) mass is 330 g/mol. The lowest BCUT2D eigenvalue weighted by molar-refractivity contribution is 0.0342. The van der Waals surface area contributed by atoms with Crippen molar-refractivity contribution in [3.63, 3.8) is 0 Å². The van der Waals surface area contributed by atoms with Crippen LogP contribution in [0.2, 0.25) is 0 Å². The summed E-state index contributed by atoms with van der Waals surface area (Å²) >= 11 is 0. The van der Waals surface area contributed by atoms with E-state index in [0.29, 0.717) is 0 Å². The van der Waals surface area contributed by atoms with Crippen LogP contribution in [0.15, 0.2) is 0 Å². The van der Waals surface area contributed by atoms with Crippen LogP contribution in [0.1, 0.15) is 19.8 Å². The highest BCUT2D eigenvalue weighted by Crippen LogP contribution is 2.47. The van der Waals surface area contributed by atoms with E-state index in [0.717, 1.165) is 0 Å². The summed E-state index contributed by atoms with van der Waals surface area (Å²) in [6.07, 6.45) is -0.773. The molecule has 0 amide bonds. The molecule has 1 fully saturated rings. The first-order chi connectivity index (χ1) is 9.09. The second-order valence-electron chi connectivity index (χ2n) is 4.24. The van der Waals surface area contributed by atoms with Gasteiger partial charge in [-0.2, -0.15) is 0 Å². The summed E-state index contributed by atoms with van der Waals surface area (Å²) in [6, 6.07) is -0.549. The van der Waals surface area contributed by atoms with Gasteiger partial charge >= 0.3 is 15.6 Å². The van der Waals surface area contributed by atoms with Gasteiger partial charge in [0.2, 0.25) is 0 Å². The van der Waals surface area contributed by atoms with Gasteiger partial charge in [0.1, 0.15) is 7.85 Å². The predicted molar refractivity (Wildman–Crippen MR) is 68.0 cm³/mol. The number of phosphoric acid groups is 2. The molecule has 1 rings (SSSR count). The standard InChI is InChI=1S/C8H17BO9P2/c1-6-7(5-8(9)17-6)18-20(13,14)16-4-2-3-15-19(10,11)12/h6-8H,2-5H2,1H3,(H,13,14)(H2,10,11,12). The van der Waals surface area contributed by atoms with Crippen molar-refractivity contribution in [1.82, 2.24) is 0 Å². The molecule has 0 saturated carbocycles. The van der Waals surface area contributed by atoms with Crippen LogP contribution in [0.25, 0.3) is 0 Å². The van der Waals surface area contributed by atoms with Gasteiger partial charge in [0.05, 0.1) is 25.4 Å². The fourth-order valence-electron chi connectivity index (χ4n) is 1.59. The molecule has 12 heteroatoms. The van der Waals surface area contributed by atoms with Gasteiger partial charge in [0.25, 0.3) is 0 Å². The summed E-state index contributed by atoms with van der Waals surface area (Å²) in [5, 5.41) is 0. The molecular formula is C8H17BO9P2. The Bertz CT molecular complexity index is 399. The first-order valence-corrected chi connectivity index (χ1v) is 8.88. The molecule has 0 aromatic rings. The number of hydrogen-bond donors (Lipinski definition) is 3. The van der Waals surface area contributed by atoms with Gasteiger partial charge < -0.3 is 19.4 Å². The van der Waals surface area contributed by atoms with Crippen LogP contribution in [0, 0.1) is 0 Å². The van der Waals surface area contributed by atoms with Crippen molar-refractivity contribution in [2.75, 3.05) is 13.2 Å². The van der Waals surface area contributed by atoms with Crippen LogP contribution in [0.5, 0.6) is 0 Å². The van der Waals surface area contributed by atoms with E-state index in [4.69, 9.17) is 26.9 Å². The van der Waals surface area contributed by atoms with Gasteiger partial charge in [0, 0.05) is 6.00 Å². The first-order valence-electron chi connectivity index (χ1n) is 5.86. The maximum atomic E-state index is 11.6. The number of hydrogen-bond acceptors (Lipinski definition) is 6. The minimum atomic E-state index is -4.53. The molecule has 0 bridgehead atoms. The maximum Gasteiger partial charge on any atom is 0.472 e. The zero-order valence-electron chi connectivity index (χ0n) is 10.8. The van der Waals surface area contributed by atoms with Crippen molar-refractivity contribution < 1.29 is 42.1 Å². The molecule has 0 aliphatic carbocycles. The molecule has 9 nitrogen and oxygen atoms in total. The van der Waals surface area contributed by atoms with Crippen molar-refractivity contribution >= 4 is 23.5 Å². The third-order valence-corrected chi connectivity index (χ3v) is 4.01. The average molecular weight is 330 g/mol. The molecule has 1 aliphatic rings. The molecule has 0 aromatic carbocycles. The number of rotatable bonds is 8. The molecule has 2 radical (unpaired) electrons. The van der Waals surface area contributed by atoms with Gasteiger partial charge in [-0.05, 0) is 19.8 Å². The van der Waals surface area contributed by atoms with Crippen LogP contribution in [0.4, 0.5) is 0 Å². The Labute approximate surface area is 117 Å². The zero-order chi connectivity index (χ0) is 15.4. The van der Waals surface area contributed by atoms with Crippen LogP contribution in [-0.4, -0.2) is 54.0 Å². The van der Waals surface area contributed by atoms with Crippen LogP contribution in [-0.2, 0) is 27.4 Å². The Hall–Kier alpha value is 0.245. The van der Waals surface area contributed by atoms with Gasteiger partial charge in [-0.25, -0.2) is 9.13 Å². The quantitative estimate of drug-likeness (QED) is 0.326. The Morgan fingerprint density at radius 2 is 1.85 bits per heavy atom. The normalized spacial score (nSPS) is 30.3. The highest BCUT2D eigenvalue weighted by molar-refractivity contribution is 7.47. The summed E-state index contributed by atoms with van der Waals surface area (Å²) in [7, 11) is -3.30. The predicted octanol–water partition coefficient (Wildman–Crippen LogP) is 0.291. The number of ether oxygens (including phenoxy) is 1. The van der Waals surface area contributed by atoms with Crippen molar-refractivity contribution in [3.05, 3.63) is 0 Å². The molecular weight excluding hydrogens is 313 g/mol. The summed E-state index contributed by atoms with van der Waals surface area (Å²) in [5.74, 6) is 0. The van der Waals surface area contributed by atoms with E-state index in [2.05, 4.69) is 9.05 Å². The van der Waals surface area contributed by atoms with E-state index in [1.54, 1.807) is 6.92 Å². The second-order valence-corrected chi connectivity index (χ2v) is 6.88. The fraction of sp³-hybridized carbons (Fsp3) is 1.00. The zero-order valence-corrected chi connectivity index (χ0v) is 12.6. The van der Waals surface area contributed by atoms with E-state index in [9.17, 15) is 14.0 Å². The third-order valence-electron chi connectivity index (χ3n) is 2.45. The topological polar surface area (TPSA) is 132 Å². The molecule has 1 aliphatic heterocycles. The van der Waals surface area contributed by atoms with Gasteiger partial charge in [-0.15, -0.1) is 0 Å². The minimum absolute atomic E-state index is 0.0231. The summed E-state index contributed by atoms with van der Waals surface area (Å²) < 4.78 is 40.8. The Kier molecular flexibility index (Phi) is 6.85. The molecule has 1 saturated heterocycles. The molecule has 3 N–H and O–H groups in total. The highest BCUT2D eigenvalue weighted by atomic mass is 31.2. The fourth-order valence-corrected chi connectivity index (χ4v) is 2.98. The smallest absolute Gasteiger partial charge is 0.382 e. The molecule has 0 spiro atoms. The van der Waals surface area contributed by atoms with Crippen molar-refractivity contribution in [2.45, 2.75) is 38.0 Å². The Morgan fingerprint density at radius 1 is 1.25 bits per heavy atom. The summed E-state index contributed by atoms with van der Waals surface area (Å²) in [6.45, 7) is 1.10. The second kappa shape index (κ2) is 7.49. The van der Waals surface area contributed by atoms with Crippen LogP contribution in [0.3, 0.4) is 0 Å². The van der Waals surface area contributed by atoms with Gasteiger partial charge in [-0.1, -0.05) is 0 Å². The van der Waals surface area contributed by atoms with Crippen molar-refractivity contribution in [1.29, 1.82) is 0 Å². The lowest BCUT2D eigenvalue weighted by Gasteiger charge is -2.18. The largest absolute Gasteiger partial charge is 0.472 e. The van der Waals surface area contributed by atoms with Crippen LogP contribution >= 0.6 is 15.6 Å². The Morgan fingerprint density at radius 3 is 2.35 bits per heavy atom. The molecule has 116 valence electrons. The Balaban J connectivity index is 2.25. The van der Waals surface area contributed by atoms with Gasteiger partial charge in [-0.3, -0.25) is 13.6 Å². The van der Waals surface area contributed by atoms with E-state index >= 15 is 0 Å². The SMILES string of the molecule is [B]C1CC(OP(=O)(O)OCCCOP(=O)(O)O)C(C)O1. The number of phosphoric ester groups is 2. The molecule has 1 heterocycles. The minimum Gasteiger partial charge on any atom is -0.382 e. The molecule has 0 aromatic heterocycles. The maximum absolute atomic E-state index is 11.6. The van der Waals surface area contributed by atoms with E-state index in [1.165, 1.54) is 0 Å². The van der Waals surface area contributed by atoms with Gasteiger partial charge in [0.15, 0.2) is 0 Å². The lowest BCUT2D eigenvalue weighted by atomic mass is 9.96. The third kappa shape index (κ3) is 7.31. The van der Waals surface area contributed by atoms with E-state index in [-0.39, 0.29) is 26.1 Å². The van der Waals surface area contributed by atoms with E-state index < -0.39 is 33.9 Å². The van der Waals surface area contributed by atoms with E-state index in [1.807, 2.05) is 0 Å². The first kappa shape index (κ1) is 18.3. The van der Waals surface area contributed by atoms with Crippen molar-refractivity contribution in [3.8, 4) is 0 Å².